The molecule has 25 heavy (non-hydrogen) atoms. The molecule has 0 amide bonds. The number of anilines is 1. The molecule has 1 unspecified atom stereocenters. The molecule has 1 heterocycles. The van der Waals surface area contributed by atoms with E-state index < -0.39 is 0 Å². The lowest BCUT2D eigenvalue weighted by Crippen LogP contribution is -2.48. The Balaban J connectivity index is 1.93. The van der Waals surface area contributed by atoms with Gasteiger partial charge >= 0.3 is 0 Å². The van der Waals surface area contributed by atoms with Gasteiger partial charge in [-0.15, -0.1) is 0 Å². The predicted molar refractivity (Wildman–Crippen MR) is 113 cm³/mol. The average molecular weight is 399 g/mol. The highest BCUT2D eigenvalue weighted by Gasteiger charge is 2.35. The van der Waals surface area contributed by atoms with Crippen LogP contribution in [-0.2, 0) is 0 Å². The molecule has 0 bridgehead atoms. The third kappa shape index (κ3) is 3.67. The molecule has 2 aromatic rings. The Bertz CT molecular complexity index is 808. The zero-order valence-electron chi connectivity index (χ0n) is 15.8. The molecule has 0 fully saturated rings. The summed E-state index contributed by atoms with van der Waals surface area (Å²) in [6.07, 6.45) is 3.17. The third-order valence-electron chi connectivity index (χ3n) is 5.24. The standard InChI is InChI=1S/C22H27BrN2/c1-6-25-21-10-7-17(12-19(21)16(3)13-22(25,4)5)14-24-20-9-8-18(23)11-15(20)2/h7-12,14,16H,6,13H2,1-5H3. The highest BCUT2D eigenvalue weighted by molar-refractivity contribution is 9.10. The van der Waals surface area contributed by atoms with E-state index >= 15 is 0 Å². The van der Waals surface area contributed by atoms with E-state index in [1.807, 2.05) is 12.3 Å². The van der Waals surface area contributed by atoms with Crippen LogP contribution in [0.15, 0.2) is 45.9 Å². The smallest absolute Gasteiger partial charge is 0.0659 e. The molecule has 0 aliphatic carbocycles. The van der Waals surface area contributed by atoms with Gasteiger partial charge in [-0.2, -0.15) is 0 Å². The molecule has 132 valence electrons. The van der Waals surface area contributed by atoms with Crippen molar-refractivity contribution in [2.75, 3.05) is 11.4 Å². The maximum atomic E-state index is 4.70. The highest BCUT2D eigenvalue weighted by atomic mass is 79.9. The fraction of sp³-hybridized carbons (Fsp3) is 0.409. The lowest BCUT2D eigenvalue weighted by atomic mass is 9.79. The van der Waals surface area contributed by atoms with Crippen LogP contribution in [0.1, 0.15) is 56.7 Å². The molecule has 2 aromatic carbocycles. The molecule has 0 N–H and O–H groups in total. The minimum atomic E-state index is 0.214. The Hall–Kier alpha value is -1.61. The number of hydrogen-bond acceptors (Lipinski definition) is 2. The molecule has 3 rings (SSSR count). The Kier molecular flexibility index (Phi) is 5.06. The van der Waals surface area contributed by atoms with Gasteiger partial charge in [-0.25, -0.2) is 0 Å². The van der Waals surface area contributed by atoms with E-state index in [2.05, 4.69) is 85.8 Å². The molecule has 1 aliphatic heterocycles. The Morgan fingerprint density at radius 1 is 1.24 bits per heavy atom. The number of rotatable bonds is 3. The lowest BCUT2D eigenvalue weighted by molar-refractivity contribution is 0.381. The van der Waals surface area contributed by atoms with Gasteiger partial charge in [0.25, 0.3) is 0 Å². The van der Waals surface area contributed by atoms with Gasteiger partial charge in [0.05, 0.1) is 5.69 Å². The van der Waals surface area contributed by atoms with Crippen LogP contribution >= 0.6 is 15.9 Å². The van der Waals surface area contributed by atoms with E-state index in [0.29, 0.717) is 5.92 Å². The van der Waals surface area contributed by atoms with Gasteiger partial charge in [-0.1, -0.05) is 28.9 Å². The van der Waals surface area contributed by atoms with Crippen LogP contribution in [0.4, 0.5) is 11.4 Å². The molecule has 0 saturated carbocycles. The second-order valence-corrected chi connectivity index (χ2v) is 8.58. The summed E-state index contributed by atoms with van der Waals surface area (Å²) in [6.45, 7) is 12.4. The first-order chi connectivity index (χ1) is 11.8. The van der Waals surface area contributed by atoms with E-state index in [-0.39, 0.29) is 5.54 Å². The summed E-state index contributed by atoms with van der Waals surface area (Å²) in [7, 11) is 0. The van der Waals surface area contributed by atoms with E-state index in [1.165, 1.54) is 28.8 Å². The van der Waals surface area contributed by atoms with Gasteiger partial charge in [0.2, 0.25) is 0 Å². The second-order valence-electron chi connectivity index (χ2n) is 7.67. The maximum absolute atomic E-state index is 4.70. The number of halogens is 1. The van der Waals surface area contributed by atoms with Crippen molar-refractivity contribution >= 4 is 33.5 Å². The Morgan fingerprint density at radius 2 is 2.00 bits per heavy atom. The van der Waals surface area contributed by atoms with Gasteiger partial charge in [0, 0.05) is 28.5 Å². The molecule has 0 radical (unpaired) electrons. The first kappa shape index (κ1) is 18.2. The van der Waals surface area contributed by atoms with E-state index in [0.717, 1.165) is 16.7 Å². The first-order valence-electron chi connectivity index (χ1n) is 9.03. The fourth-order valence-electron chi connectivity index (χ4n) is 4.10. The number of aryl methyl sites for hydroxylation is 1. The topological polar surface area (TPSA) is 15.6 Å². The number of benzene rings is 2. The zero-order valence-corrected chi connectivity index (χ0v) is 17.4. The largest absolute Gasteiger partial charge is 0.366 e. The minimum absolute atomic E-state index is 0.214. The SMILES string of the molecule is CCN1c2ccc(C=Nc3ccc(Br)cc3C)cc2C(C)CC1(C)C. The molecule has 2 nitrogen and oxygen atoms in total. The van der Waals surface area contributed by atoms with Crippen molar-refractivity contribution in [1.82, 2.24) is 0 Å². The molecule has 0 saturated heterocycles. The van der Waals surface area contributed by atoms with E-state index in [9.17, 15) is 0 Å². The number of fused-ring (bicyclic) bond motifs is 1. The molecular formula is C22H27BrN2. The first-order valence-corrected chi connectivity index (χ1v) is 9.83. The minimum Gasteiger partial charge on any atom is -0.366 e. The molecule has 1 atom stereocenters. The van der Waals surface area contributed by atoms with Gasteiger partial charge in [-0.3, -0.25) is 4.99 Å². The van der Waals surface area contributed by atoms with Crippen molar-refractivity contribution in [3.05, 3.63) is 57.6 Å². The van der Waals surface area contributed by atoms with Gasteiger partial charge < -0.3 is 4.90 Å². The summed E-state index contributed by atoms with van der Waals surface area (Å²) in [4.78, 5) is 7.23. The van der Waals surface area contributed by atoms with Gasteiger partial charge in [0.1, 0.15) is 0 Å². The lowest BCUT2D eigenvalue weighted by Gasteiger charge is -2.47. The summed E-state index contributed by atoms with van der Waals surface area (Å²) in [5.74, 6) is 0.565. The molecular weight excluding hydrogens is 372 g/mol. The summed E-state index contributed by atoms with van der Waals surface area (Å²) in [5, 5.41) is 0. The molecule has 3 heteroatoms. The predicted octanol–water partition coefficient (Wildman–Crippen LogP) is 6.62. The van der Waals surface area contributed by atoms with E-state index in [1.54, 1.807) is 0 Å². The van der Waals surface area contributed by atoms with Crippen molar-refractivity contribution in [2.45, 2.75) is 52.5 Å². The van der Waals surface area contributed by atoms with Crippen molar-refractivity contribution in [2.24, 2.45) is 4.99 Å². The highest BCUT2D eigenvalue weighted by Crippen LogP contribution is 2.43. The second kappa shape index (κ2) is 6.95. The number of hydrogen-bond donors (Lipinski definition) is 0. The van der Waals surface area contributed by atoms with E-state index in [4.69, 9.17) is 4.99 Å². The number of nitrogens with zero attached hydrogens (tertiary/aromatic N) is 2. The normalized spacial score (nSPS) is 19.3. The van der Waals surface area contributed by atoms with Crippen molar-refractivity contribution in [1.29, 1.82) is 0 Å². The summed E-state index contributed by atoms with van der Waals surface area (Å²) < 4.78 is 1.09. The van der Waals surface area contributed by atoms with Crippen molar-refractivity contribution < 1.29 is 0 Å². The van der Waals surface area contributed by atoms with Crippen LogP contribution in [0.3, 0.4) is 0 Å². The van der Waals surface area contributed by atoms with Crippen LogP contribution in [0, 0.1) is 6.92 Å². The Labute approximate surface area is 160 Å². The summed E-state index contributed by atoms with van der Waals surface area (Å²) in [5.41, 5.74) is 6.40. The summed E-state index contributed by atoms with van der Waals surface area (Å²) >= 11 is 3.51. The molecule has 1 aliphatic rings. The maximum Gasteiger partial charge on any atom is 0.0659 e. The van der Waals surface area contributed by atoms with Crippen LogP contribution in [-0.4, -0.2) is 18.3 Å². The fourth-order valence-corrected chi connectivity index (χ4v) is 4.57. The Morgan fingerprint density at radius 3 is 2.68 bits per heavy atom. The average Bonchev–Trinajstić information content (AvgIpc) is 2.54. The van der Waals surface area contributed by atoms with Gasteiger partial charge in [-0.05, 0) is 87.1 Å². The quantitative estimate of drug-likeness (QED) is 0.530. The van der Waals surface area contributed by atoms with Crippen molar-refractivity contribution in [3.63, 3.8) is 0 Å². The van der Waals surface area contributed by atoms with Crippen molar-refractivity contribution in [3.8, 4) is 0 Å². The van der Waals surface area contributed by atoms with Crippen LogP contribution in [0.2, 0.25) is 0 Å². The molecule has 0 aromatic heterocycles. The van der Waals surface area contributed by atoms with Crippen LogP contribution in [0.5, 0.6) is 0 Å². The van der Waals surface area contributed by atoms with Gasteiger partial charge in [0.15, 0.2) is 0 Å². The van der Waals surface area contributed by atoms with Crippen LogP contribution in [0.25, 0.3) is 0 Å². The zero-order chi connectivity index (χ0) is 18.2. The third-order valence-corrected chi connectivity index (χ3v) is 5.73. The summed E-state index contributed by atoms with van der Waals surface area (Å²) in [6, 6.07) is 13.0. The number of aliphatic imine (C=N–C) groups is 1. The monoisotopic (exact) mass is 398 g/mol. The molecule has 0 spiro atoms. The van der Waals surface area contributed by atoms with Crippen LogP contribution < -0.4 is 4.90 Å².